The predicted molar refractivity (Wildman–Crippen MR) is 89.7 cm³/mol. The monoisotopic (exact) mass is 302 g/mol. The van der Waals surface area contributed by atoms with Crippen LogP contribution >= 0.6 is 0 Å². The summed E-state index contributed by atoms with van der Waals surface area (Å²) in [6.07, 6.45) is 2.34. The van der Waals surface area contributed by atoms with Gasteiger partial charge in [-0.3, -0.25) is 4.79 Å². The first-order valence-electron chi connectivity index (χ1n) is 8.03. The van der Waals surface area contributed by atoms with Crippen molar-refractivity contribution in [1.82, 2.24) is 14.9 Å². The third-order valence-corrected chi connectivity index (χ3v) is 3.77. The maximum atomic E-state index is 11.9. The molecule has 120 valence electrons. The molecule has 0 aliphatic heterocycles. The fourth-order valence-corrected chi connectivity index (χ4v) is 2.72. The summed E-state index contributed by atoms with van der Waals surface area (Å²) in [5, 5.41) is 2.91. The Morgan fingerprint density at radius 1 is 1.36 bits per heavy atom. The van der Waals surface area contributed by atoms with Crippen molar-refractivity contribution < 1.29 is 4.79 Å². The minimum Gasteiger partial charge on any atom is -0.354 e. The summed E-state index contributed by atoms with van der Waals surface area (Å²) in [4.78, 5) is 16.5. The Bertz CT molecular complexity index is 633. The fraction of sp³-hybridized carbons (Fsp3) is 0.529. The van der Waals surface area contributed by atoms with Crippen LogP contribution in [0.5, 0.6) is 0 Å². The zero-order valence-corrected chi connectivity index (χ0v) is 13.7. The smallest absolute Gasteiger partial charge is 0.236 e. The second kappa shape index (κ2) is 7.40. The largest absolute Gasteiger partial charge is 0.354 e. The number of para-hydroxylation sites is 2. The SMILES string of the molecule is CCCC(N)C(=O)NCCc1nc2ccccc2n1C(C)C. The molecule has 1 unspecified atom stereocenters. The topological polar surface area (TPSA) is 72.9 Å². The maximum absolute atomic E-state index is 11.9. The number of hydrogen-bond donors (Lipinski definition) is 2. The molecule has 22 heavy (non-hydrogen) atoms. The molecule has 2 aromatic rings. The first-order valence-corrected chi connectivity index (χ1v) is 8.03. The zero-order chi connectivity index (χ0) is 16.1. The Morgan fingerprint density at radius 3 is 2.77 bits per heavy atom. The molecule has 1 atom stereocenters. The summed E-state index contributed by atoms with van der Waals surface area (Å²) < 4.78 is 2.23. The molecule has 2 rings (SSSR count). The number of fused-ring (bicyclic) bond motifs is 1. The lowest BCUT2D eigenvalue weighted by Crippen LogP contribution is -2.41. The molecule has 0 fully saturated rings. The van der Waals surface area contributed by atoms with Gasteiger partial charge in [0, 0.05) is 19.0 Å². The van der Waals surface area contributed by atoms with Gasteiger partial charge in [0.1, 0.15) is 5.82 Å². The molecular formula is C17H26N4O. The van der Waals surface area contributed by atoms with Crippen molar-refractivity contribution in [3.63, 3.8) is 0 Å². The van der Waals surface area contributed by atoms with Crippen molar-refractivity contribution in [1.29, 1.82) is 0 Å². The van der Waals surface area contributed by atoms with Crippen LogP contribution in [0.3, 0.4) is 0 Å². The Morgan fingerprint density at radius 2 is 2.09 bits per heavy atom. The van der Waals surface area contributed by atoms with Gasteiger partial charge in [-0.15, -0.1) is 0 Å². The van der Waals surface area contributed by atoms with E-state index in [1.165, 1.54) is 0 Å². The number of nitrogens with zero attached hydrogens (tertiary/aromatic N) is 2. The standard InChI is InChI=1S/C17H26N4O/c1-4-7-13(18)17(22)19-11-10-16-20-14-8-5-6-9-15(14)21(16)12(2)3/h5-6,8-9,12-13H,4,7,10-11,18H2,1-3H3,(H,19,22). The first-order chi connectivity index (χ1) is 10.5. The van der Waals surface area contributed by atoms with E-state index in [9.17, 15) is 4.79 Å². The summed E-state index contributed by atoms with van der Waals surface area (Å²) in [6.45, 7) is 6.88. The molecule has 1 aromatic carbocycles. The number of nitrogens with two attached hydrogens (primary N) is 1. The molecule has 0 saturated heterocycles. The minimum atomic E-state index is -0.408. The van der Waals surface area contributed by atoms with Crippen molar-refractivity contribution in [2.75, 3.05) is 6.54 Å². The molecule has 5 heteroatoms. The van der Waals surface area contributed by atoms with Crippen LogP contribution in [0, 0.1) is 0 Å². The normalized spacial score (nSPS) is 12.8. The van der Waals surface area contributed by atoms with E-state index in [1.807, 2.05) is 25.1 Å². The molecule has 1 aromatic heterocycles. The summed E-state index contributed by atoms with van der Waals surface area (Å²) in [7, 11) is 0. The van der Waals surface area contributed by atoms with Gasteiger partial charge in [0.05, 0.1) is 17.1 Å². The number of imidazole rings is 1. The van der Waals surface area contributed by atoms with E-state index in [0.29, 0.717) is 19.0 Å². The Labute approximate surface area is 131 Å². The molecule has 0 bridgehead atoms. The Balaban J connectivity index is 2.05. The summed E-state index contributed by atoms with van der Waals surface area (Å²) in [6, 6.07) is 8.05. The highest BCUT2D eigenvalue weighted by atomic mass is 16.2. The zero-order valence-electron chi connectivity index (χ0n) is 13.7. The van der Waals surface area contributed by atoms with E-state index in [0.717, 1.165) is 29.7 Å². The number of aromatic nitrogens is 2. The lowest BCUT2D eigenvalue weighted by molar-refractivity contribution is -0.122. The van der Waals surface area contributed by atoms with Crippen LogP contribution < -0.4 is 11.1 Å². The third kappa shape index (κ3) is 3.65. The minimum absolute atomic E-state index is 0.0749. The Kier molecular flexibility index (Phi) is 5.55. The van der Waals surface area contributed by atoms with Crippen molar-refractivity contribution in [2.45, 2.75) is 52.1 Å². The fourth-order valence-electron chi connectivity index (χ4n) is 2.72. The highest BCUT2D eigenvalue weighted by Crippen LogP contribution is 2.20. The molecule has 1 amide bonds. The number of rotatable bonds is 7. The van der Waals surface area contributed by atoms with Crippen LogP contribution in [0.25, 0.3) is 11.0 Å². The first kappa shape index (κ1) is 16.5. The predicted octanol–water partition coefficient (Wildman–Crippen LogP) is 2.40. The molecule has 3 N–H and O–H groups in total. The second-order valence-electron chi connectivity index (χ2n) is 5.92. The lowest BCUT2D eigenvalue weighted by atomic mass is 10.1. The van der Waals surface area contributed by atoms with E-state index in [1.54, 1.807) is 0 Å². The molecule has 0 saturated carbocycles. The van der Waals surface area contributed by atoms with Gasteiger partial charge in [-0.1, -0.05) is 25.5 Å². The van der Waals surface area contributed by atoms with Crippen LogP contribution in [0.2, 0.25) is 0 Å². The summed E-state index contributed by atoms with van der Waals surface area (Å²) in [5.74, 6) is 0.926. The van der Waals surface area contributed by atoms with E-state index >= 15 is 0 Å². The van der Waals surface area contributed by atoms with E-state index < -0.39 is 6.04 Å². The van der Waals surface area contributed by atoms with Crippen molar-refractivity contribution in [3.8, 4) is 0 Å². The molecule has 5 nitrogen and oxygen atoms in total. The number of carbonyl (C=O) groups excluding carboxylic acids is 1. The molecule has 0 radical (unpaired) electrons. The van der Waals surface area contributed by atoms with Gasteiger partial charge in [-0.2, -0.15) is 0 Å². The summed E-state index contributed by atoms with van der Waals surface area (Å²) >= 11 is 0. The van der Waals surface area contributed by atoms with Crippen LogP contribution in [0.1, 0.15) is 45.5 Å². The third-order valence-electron chi connectivity index (χ3n) is 3.77. The van der Waals surface area contributed by atoms with Crippen LogP contribution in [-0.2, 0) is 11.2 Å². The molecule has 1 heterocycles. The molecule has 0 spiro atoms. The van der Waals surface area contributed by atoms with Crippen LogP contribution in [0.15, 0.2) is 24.3 Å². The quantitative estimate of drug-likeness (QED) is 0.825. The number of amides is 1. The van der Waals surface area contributed by atoms with Gasteiger partial charge in [-0.25, -0.2) is 4.98 Å². The van der Waals surface area contributed by atoms with Crippen LogP contribution in [0.4, 0.5) is 0 Å². The molecular weight excluding hydrogens is 276 g/mol. The average molecular weight is 302 g/mol. The van der Waals surface area contributed by atoms with E-state index in [-0.39, 0.29) is 5.91 Å². The van der Waals surface area contributed by atoms with Gasteiger partial charge in [0.25, 0.3) is 0 Å². The molecule has 0 aliphatic carbocycles. The second-order valence-corrected chi connectivity index (χ2v) is 5.92. The number of nitrogens with one attached hydrogen (secondary N) is 1. The van der Waals surface area contributed by atoms with E-state index in [4.69, 9.17) is 10.7 Å². The maximum Gasteiger partial charge on any atom is 0.236 e. The van der Waals surface area contributed by atoms with Crippen molar-refractivity contribution >= 4 is 16.9 Å². The van der Waals surface area contributed by atoms with Crippen molar-refractivity contribution in [2.24, 2.45) is 5.73 Å². The van der Waals surface area contributed by atoms with Gasteiger partial charge in [-0.05, 0) is 32.4 Å². The van der Waals surface area contributed by atoms with Crippen LogP contribution in [-0.4, -0.2) is 28.0 Å². The van der Waals surface area contributed by atoms with Gasteiger partial charge in [0.2, 0.25) is 5.91 Å². The lowest BCUT2D eigenvalue weighted by Gasteiger charge is -2.14. The van der Waals surface area contributed by atoms with Crippen molar-refractivity contribution in [3.05, 3.63) is 30.1 Å². The Hall–Kier alpha value is -1.88. The van der Waals surface area contributed by atoms with E-state index in [2.05, 4.69) is 29.8 Å². The van der Waals surface area contributed by atoms with Gasteiger partial charge >= 0.3 is 0 Å². The number of benzene rings is 1. The average Bonchev–Trinajstić information content (AvgIpc) is 2.85. The molecule has 0 aliphatic rings. The number of carbonyl (C=O) groups is 1. The number of hydrogen-bond acceptors (Lipinski definition) is 3. The van der Waals surface area contributed by atoms with Gasteiger partial charge < -0.3 is 15.6 Å². The summed E-state index contributed by atoms with van der Waals surface area (Å²) in [5.41, 5.74) is 7.95. The van der Waals surface area contributed by atoms with Gasteiger partial charge in [0.15, 0.2) is 0 Å². The highest BCUT2D eigenvalue weighted by Gasteiger charge is 2.14. The highest BCUT2D eigenvalue weighted by molar-refractivity contribution is 5.81.